The molecule has 0 aliphatic carbocycles. The van der Waals surface area contributed by atoms with Crippen molar-refractivity contribution in [2.75, 3.05) is 18.1 Å². The highest BCUT2D eigenvalue weighted by Crippen LogP contribution is 2.30. The van der Waals surface area contributed by atoms with Crippen molar-refractivity contribution in [3.8, 4) is 0 Å². The van der Waals surface area contributed by atoms with E-state index in [1.54, 1.807) is 18.7 Å². The Morgan fingerprint density at radius 3 is 2.93 bits per heavy atom. The molecule has 0 amide bonds. The molecule has 0 aliphatic rings. The van der Waals surface area contributed by atoms with Crippen LogP contribution in [0.25, 0.3) is 0 Å². The smallest absolute Gasteiger partial charge is 0.306 e. The average Bonchev–Trinajstić information content (AvgIpc) is 2.46. The normalized spacial score (nSPS) is 10.3. The fourth-order valence-electron chi connectivity index (χ4n) is 0.997. The van der Waals surface area contributed by atoms with E-state index >= 15 is 0 Å². The number of hydrogen-bond donors (Lipinski definition) is 1. The Bertz CT molecular complexity index is 339. The van der Waals surface area contributed by atoms with Gasteiger partial charge in [0.2, 0.25) is 0 Å². The van der Waals surface area contributed by atoms with Crippen molar-refractivity contribution in [2.45, 2.75) is 24.5 Å². The van der Waals surface area contributed by atoms with Crippen molar-refractivity contribution in [3.63, 3.8) is 0 Å². The highest BCUT2D eigenvalue weighted by atomic mass is 32.2. The number of esters is 1. The van der Waals surface area contributed by atoms with Crippen molar-refractivity contribution >= 4 is 34.2 Å². The molecule has 0 radical (unpaired) electrons. The average molecular weight is 246 g/mol. The van der Waals surface area contributed by atoms with Gasteiger partial charge in [-0.25, -0.2) is 4.98 Å². The van der Waals surface area contributed by atoms with E-state index in [0.717, 1.165) is 9.90 Å². The maximum Gasteiger partial charge on any atom is 0.306 e. The summed E-state index contributed by atoms with van der Waals surface area (Å²) in [7, 11) is 0. The van der Waals surface area contributed by atoms with Crippen LogP contribution >= 0.6 is 23.1 Å². The van der Waals surface area contributed by atoms with E-state index in [2.05, 4.69) is 4.98 Å². The standard InChI is InChI=1S/C9H14N2O2S2/c1-3-13-7(12)4-5-14-8-6(2)11-9(10)15-8/h3-5H2,1-2H3,(H2,10,11). The van der Waals surface area contributed by atoms with Crippen LogP contribution in [0.4, 0.5) is 5.13 Å². The van der Waals surface area contributed by atoms with Crippen LogP contribution in [0.3, 0.4) is 0 Å². The number of thioether (sulfide) groups is 1. The number of hydrogen-bond acceptors (Lipinski definition) is 6. The molecule has 1 heterocycles. The van der Waals surface area contributed by atoms with Crippen LogP contribution in [0, 0.1) is 6.92 Å². The number of aryl methyl sites for hydroxylation is 1. The van der Waals surface area contributed by atoms with E-state index in [1.807, 2.05) is 6.92 Å². The van der Waals surface area contributed by atoms with Crippen LogP contribution in [0.1, 0.15) is 19.0 Å². The third-order valence-corrected chi connectivity index (χ3v) is 3.97. The molecular weight excluding hydrogens is 232 g/mol. The first-order valence-corrected chi connectivity index (χ1v) is 6.45. The lowest BCUT2D eigenvalue weighted by atomic mass is 10.5. The quantitative estimate of drug-likeness (QED) is 0.636. The SMILES string of the molecule is CCOC(=O)CCSc1sc(N)nc1C. The second kappa shape index (κ2) is 5.97. The third-order valence-electron chi connectivity index (χ3n) is 1.62. The largest absolute Gasteiger partial charge is 0.466 e. The fourth-order valence-corrected chi connectivity index (χ4v) is 3.01. The van der Waals surface area contributed by atoms with Crippen LogP contribution in [0.5, 0.6) is 0 Å². The number of rotatable bonds is 5. The molecule has 0 atom stereocenters. The molecule has 0 saturated heterocycles. The number of nitrogen functional groups attached to an aromatic ring is 1. The lowest BCUT2D eigenvalue weighted by Gasteiger charge is -2.00. The zero-order chi connectivity index (χ0) is 11.3. The molecule has 4 nitrogen and oxygen atoms in total. The summed E-state index contributed by atoms with van der Waals surface area (Å²) in [6.45, 7) is 4.16. The molecule has 15 heavy (non-hydrogen) atoms. The number of carbonyl (C=O) groups excluding carboxylic acids is 1. The number of thiazole rings is 1. The first kappa shape index (κ1) is 12.3. The van der Waals surface area contributed by atoms with Crippen molar-refractivity contribution in [3.05, 3.63) is 5.69 Å². The molecule has 1 aromatic heterocycles. The number of carbonyl (C=O) groups is 1. The summed E-state index contributed by atoms with van der Waals surface area (Å²) >= 11 is 3.05. The lowest BCUT2D eigenvalue weighted by molar-refractivity contribution is -0.142. The number of nitrogens with zero attached hydrogens (tertiary/aromatic N) is 1. The minimum atomic E-state index is -0.153. The summed E-state index contributed by atoms with van der Waals surface area (Å²) in [6.07, 6.45) is 0.426. The first-order valence-electron chi connectivity index (χ1n) is 4.64. The van der Waals surface area contributed by atoms with Crippen molar-refractivity contribution < 1.29 is 9.53 Å². The Balaban J connectivity index is 2.31. The van der Waals surface area contributed by atoms with Gasteiger partial charge in [0.1, 0.15) is 0 Å². The molecule has 0 aromatic carbocycles. The maximum atomic E-state index is 11.1. The molecule has 0 saturated carbocycles. The van der Waals surface area contributed by atoms with E-state index in [-0.39, 0.29) is 5.97 Å². The highest BCUT2D eigenvalue weighted by molar-refractivity contribution is 8.01. The molecule has 0 bridgehead atoms. The van der Waals surface area contributed by atoms with Crippen molar-refractivity contribution in [2.24, 2.45) is 0 Å². The Morgan fingerprint density at radius 1 is 1.67 bits per heavy atom. The minimum Gasteiger partial charge on any atom is -0.466 e. The van der Waals surface area contributed by atoms with Crippen LogP contribution in [0.2, 0.25) is 0 Å². The molecule has 1 aromatic rings. The van der Waals surface area contributed by atoms with E-state index in [4.69, 9.17) is 10.5 Å². The van der Waals surface area contributed by atoms with Gasteiger partial charge in [0.25, 0.3) is 0 Å². The number of aromatic nitrogens is 1. The number of nitrogens with two attached hydrogens (primary N) is 1. The van der Waals surface area contributed by atoms with Crippen molar-refractivity contribution in [1.82, 2.24) is 4.98 Å². The fraction of sp³-hybridized carbons (Fsp3) is 0.556. The predicted molar refractivity (Wildman–Crippen MR) is 63.2 cm³/mol. The van der Waals surface area contributed by atoms with Gasteiger partial charge >= 0.3 is 5.97 Å². The summed E-state index contributed by atoms with van der Waals surface area (Å²) in [6, 6.07) is 0. The summed E-state index contributed by atoms with van der Waals surface area (Å²) < 4.78 is 5.91. The lowest BCUT2D eigenvalue weighted by Crippen LogP contribution is -2.04. The molecule has 0 fully saturated rings. The molecule has 0 aliphatic heterocycles. The van der Waals surface area contributed by atoms with E-state index < -0.39 is 0 Å². The Kier molecular flexibility index (Phi) is 4.90. The topological polar surface area (TPSA) is 65.2 Å². The van der Waals surface area contributed by atoms with Gasteiger partial charge in [-0.1, -0.05) is 11.3 Å². The Labute approximate surface area is 97.2 Å². The number of ether oxygens (including phenoxy) is 1. The van der Waals surface area contributed by atoms with E-state index in [9.17, 15) is 4.79 Å². The number of anilines is 1. The molecular formula is C9H14N2O2S2. The van der Waals surface area contributed by atoms with Crippen molar-refractivity contribution in [1.29, 1.82) is 0 Å². The van der Waals surface area contributed by atoms with E-state index in [0.29, 0.717) is 23.9 Å². The molecule has 1 rings (SSSR count). The zero-order valence-electron chi connectivity index (χ0n) is 8.78. The van der Waals surface area contributed by atoms with Gasteiger partial charge in [-0.2, -0.15) is 0 Å². The summed E-state index contributed by atoms with van der Waals surface area (Å²) in [5.41, 5.74) is 6.50. The molecule has 2 N–H and O–H groups in total. The van der Waals surface area contributed by atoms with Gasteiger partial charge in [-0.15, -0.1) is 11.8 Å². The zero-order valence-corrected chi connectivity index (χ0v) is 10.4. The van der Waals surface area contributed by atoms with Crippen LogP contribution in [-0.2, 0) is 9.53 Å². The van der Waals surface area contributed by atoms with Gasteiger partial charge in [0, 0.05) is 5.75 Å². The summed E-state index contributed by atoms with van der Waals surface area (Å²) in [5.74, 6) is 0.557. The summed E-state index contributed by atoms with van der Waals surface area (Å²) in [5, 5.41) is 0.575. The second-order valence-corrected chi connectivity index (χ2v) is 5.22. The van der Waals surface area contributed by atoms with Crippen LogP contribution < -0.4 is 5.73 Å². The highest BCUT2D eigenvalue weighted by Gasteiger charge is 2.07. The van der Waals surface area contributed by atoms with E-state index in [1.165, 1.54) is 11.3 Å². The molecule has 84 valence electrons. The van der Waals surface area contributed by atoms with Gasteiger partial charge in [-0.05, 0) is 13.8 Å². The first-order chi connectivity index (χ1) is 7.13. The Hall–Kier alpha value is -0.750. The molecule has 0 spiro atoms. The Morgan fingerprint density at radius 2 is 2.40 bits per heavy atom. The van der Waals surface area contributed by atoms with Gasteiger partial charge in [0.15, 0.2) is 5.13 Å². The van der Waals surface area contributed by atoms with Crippen LogP contribution in [0.15, 0.2) is 4.21 Å². The van der Waals surface area contributed by atoms with Gasteiger partial charge in [0.05, 0.1) is 22.9 Å². The minimum absolute atomic E-state index is 0.153. The van der Waals surface area contributed by atoms with Crippen LogP contribution in [-0.4, -0.2) is 23.3 Å². The van der Waals surface area contributed by atoms with Gasteiger partial charge in [-0.3, -0.25) is 4.79 Å². The van der Waals surface area contributed by atoms with Gasteiger partial charge < -0.3 is 10.5 Å². The molecule has 0 unspecified atom stereocenters. The predicted octanol–water partition coefficient (Wildman–Crippen LogP) is 2.08. The third kappa shape index (κ3) is 4.09. The monoisotopic (exact) mass is 246 g/mol. The second-order valence-electron chi connectivity index (χ2n) is 2.83. The molecule has 6 heteroatoms. The summed E-state index contributed by atoms with van der Waals surface area (Å²) in [4.78, 5) is 15.2. The maximum absolute atomic E-state index is 11.1.